The summed E-state index contributed by atoms with van der Waals surface area (Å²) in [6, 6.07) is 5.78. The van der Waals surface area contributed by atoms with Crippen molar-refractivity contribution in [1.29, 1.82) is 0 Å². The van der Waals surface area contributed by atoms with Gasteiger partial charge in [-0.15, -0.1) is 0 Å². The van der Waals surface area contributed by atoms with Crippen LogP contribution >= 0.6 is 15.9 Å². The smallest absolute Gasteiger partial charge is 0.224 e. The molecule has 0 aromatic heterocycles. The Morgan fingerprint density at radius 1 is 1.42 bits per heavy atom. The van der Waals surface area contributed by atoms with Gasteiger partial charge in [-0.25, -0.2) is 0 Å². The third kappa shape index (κ3) is 4.51. The van der Waals surface area contributed by atoms with Crippen molar-refractivity contribution in [3.05, 3.63) is 28.2 Å². The number of carbonyl (C=O) groups is 1. The van der Waals surface area contributed by atoms with Crippen LogP contribution < -0.4 is 15.4 Å². The van der Waals surface area contributed by atoms with E-state index in [2.05, 4.69) is 26.6 Å². The second kappa shape index (κ2) is 7.50. The first-order valence-electron chi connectivity index (χ1n) is 6.28. The maximum absolute atomic E-state index is 11.9. The molecule has 4 nitrogen and oxygen atoms in total. The number of halogens is 1. The van der Waals surface area contributed by atoms with Crippen molar-refractivity contribution in [3.8, 4) is 5.75 Å². The number of hydrogen-bond acceptors (Lipinski definition) is 3. The highest BCUT2D eigenvalue weighted by atomic mass is 79.9. The molecule has 1 amide bonds. The number of hydrogen-bond donors (Lipinski definition) is 2. The Hall–Kier alpha value is -1.07. The van der Waals surface area contributed by atoms with E-state index in [0.29, 0.717) is 6.54 Å². The molecule has 0 aliphatic carbocycles. The van der Waals surface area contributed by atoms with E-state index in [1.54, 1.807) is 7.11 Å². The van der Waals surface area contributed by atoms with Crippen molar-refractivity contribution in [2.75, 3.05) is 20.7 Å². The topological polar surface area (TPSA) is 50.4 Å². The van der Waals surface area contributed by atoms with Gasteiger partial charge in [0.1, 0.15) is 5.75 Å². The van der Waals surface area contributed by atoms with Crippen molar-refractivity contribution < 1.29 is 9.53 Å². The summed E-state index contributed by atoms with van der Waals surface area (Å²) in [6.45, 7) is 4.55. The predicted molar refractivity (Wildman–Crippen MR) is 80.3 cm³/mol. The molecule has 0 fully saturated rings. The molecule has 0 spiro atoms. The lowest BCUT2D eigenvalue weighted by Gasteiger charge is -2.18. The zero-order valence-electron chi connectivity index (χ0n) is 11.8. The fourth-order valence-electron chi connectivity index (χ4n) is 1.79. The highest BCUT2D eigenvalue weighted by Gasteiger charge is 2.16. The van der Waals surface area contributed by atoms with E-state index in [4.69, 9.17) is 4.74 Å². The second-order valence-corrected chi connectivity index (χ2v) is 5.44. The average Bonchev–Trinajstić information content (AvgIpc) is 2.38. The summed E-state index contributed by atoms with van der Waals surface area (Å²) in [5, 5.41) is 6.01. The van der Waals surface area contributed by atoms with Gasteiger partial charge in [0.2, 0.25) is 5.91 Å². The van der Waals surface area contributed by atoms with E-state index in [0.717, 1.165) is 15.8 Å². The minimum Gasteiger partial charge on any atom is -0.496 e. The van der Waals surface area contributed by atoms with Crippen LogP contribution in [0.15, 0.2) is 22.7 Å². The molecule has 0 radical (unpaired) electrons. The third-order valence-electron chi connectivity index (χ3n) is 2.99. The summed E-state index contributed by atoms with van der Waals surface area (Å²) in [7, 11) is 3.47. The number of carbonyl (C=O) groups excluding carboxylic acids is 1. The number of methoxy groups -OCH3 is 1. The molecule has 0 heterocycles. The molecule has 2 N–H and O–H groups in total. The van der Waals surface area contributed by atoms with Gasteiger partial charge in [-0.1, -0.05) is 13.0 Å². The largest absolute Gasteiger partial charge is 0.496 e. The fraction of sp³-hybridized carbons (Fsp3) is 0.500. The van der Waals surface area contributed by atoms with Crippen LogP contribution in [0.5, 0.6) is 5.75 Å². The monoisotopic (exact) mass is 328 g/mol. The SMILES string of the molecule is CNCC(C)C(=O)NC(C)c1ccc(OC)c(Br)c1. The van der Waals surface area contributed by atoms with Gasteiger partial charge in [-0.05, 0) is 47.6 Å². The van der Waals surface area contributed by atoms with Crippen molar-refractivity contribution in [2.45, 2.75) is 19.9 Å². The summed E-state index contributed by atoms with van der Waals surface area (Å²) in [4.78, 5) is 11.9. The standard InChI is InChI=1S/C14H21BrN2O2/c1-9(8-16-3)14(18)17-10(2)11-5-6-13(19-4)12(15)7-11/h5-7,9-10,16H,8H2,1-4H3,(H,17,18). The Kier molecular flexibility index (Phi) is 6.31. The van der Waals surface area contributed by atoms with Crippen molar-refractivity contribution in [1.82, 2.24) is 10.6 Å². The Bertz CT molecular complexity index is 437. The average molecular weight is 329 g/mol. The molecule has 0 bridgehead atoms. The van der Waals surface area contributed by atoms with Gasteiger partial charge < -0.3 is 15.4 Å². The summed E-state index contributed by atoms with van der Waals surface area (Å²) >= 11 is 3.45. The van der Waals surface area contributed by atoms with Crippen LogP contribution in [0.2, 0.25) is 0 Å². The van der Waals surface area contributed by atoms with E-state index in [-0.39, 0.29) is 17.9 Å². The highest BCUT2D eigenvalue weighted by Crippen LogP contribution is 2.28. The van der Waals surface area contributed by atoms with E-state index >= 15 is 0 Å². The van der Waals surface area contributed by atoms with E-state index < -0.39 is 0 Å². The minimum atomic E-state index is -0.0471. The normalized spacial score (nSPS) is 13.7. The molecular formula is C14H21BrN2O2. The van der Waals surface area contributed by atoms with Gasteiger partial charge >= 0.3 is 0 Å². The van der Waals surface area contributed by atoms with Gasteiger partial charge in [0.15, 0.2) is 0 Å². The van der Waals surface area contributed by atoms with Crippen molar-refractivity contribution >= 4 is 21.8 Å². The van der Waals surface area contributed by atoms with Crippen LogP contribution in [-0.4, -0.2) is 26.6 Å². The summed E-state index contributed by atoms with van der Waals surface area (Å²) < 4.78 is 6.07. The number of rotatable bonds is 6. The summed E-state index contributed by atoms with van der Waals surface area (Å²) in [6.07, 6.45) is 0. The minimum absolute atomic E-state index is 0.0333. The first-order valence-corrected chi connectivity index (χ1v) is 7.07. The summed E-state index contributed by atoms with van der Waals surface area (Å²) in [5.74, 6) is 0.786. The molecule has 0 aliphatic heterocycles. The number of amides is 1. The van der Waals surface area contributed by atoms with Crippen LogP contribution in [0, 0.1) is 5.92 Å². The van der Waals surface area contributed by atoms with Gasteiger partial charge in [0.25, 0.3) is 0 Å². The predicted octanol–water partition coefficient (Wildman–Crippen LogP) is 2.49. The van der Waals surface area contributed by atoms with E-state index in [1.807, 2.05) is 39.1 Å². The number of ether oxygens (including phenoxy) is 1. The first-order chi connectivity index (χ1) is 8.99. The van der Waals surface area contributed by atoms with Crippen LogP contribution in [-0.2, 0) is 4.79 Å². The van der Waals surface area contributed by atoms with Gasteiger partial charge in [-0.3, -0.25) is 4.79 Å². The van der Waals surface area contributed by atoms with Gasteiger partial charge in [0.05, 0.1) is 17.6 Å². The number of benzene rings is 1. The highest BCUT2D eigenvalue weighted by molar-refractivity contribution is 9.10. The van der Waals surface area contributed by atoms with Crippen LogP contribution in [0.25, 0.3) is 0 Å². The Morgan fingerprint density at radius 3 is 2.63 bits per heavy atom. The fourth-order valence-corrected chi connectivity index (χ4v) is 2.35. The lowest BCUT2D eigenvalue weighted by molar-refractivity contribution is -0.125. The van der Waals surface area contributed by atoms with Crippen molar-refractivity contribution in [2.24, 2.45) is 5.92 Å². The molecule has 106 valence electrons. The molecule has 19 heavy (non-hydrogen) atoms. The molecule has 1 aromatic carbocycles. The Labute approximate surface area is 123 Å². The molecule has 2 atom stereocenters. The lowest BCUT2D eigenvalue weighted by atomic mass is 10.1. The van der Waals surface area contributed by atoms with E-state index in [1.165, 1.54) is 0 Å². The zero-order valence-corrected chi connectivity index (χ0v) is 13.4. The molecule has 0 saturated heterocycles. The van der Waals surface area contributed by atoms with Crippen LogP contribution in [0.4, 0.5) is 0 Å². The quantitative estimate of drug-likeness (QED) is 0.843. The van der Waals surface area contributed by atoms with E-state index in [9.17, 15) is 4.79 Å². The Morgan fingerprint density at radius 2 is 2.11 bits per heavy atom. The molecule has 1 aromatic rings. The third-order valence-corrected chi connectivity index (χ3v) is 3.61. The van der Waals surface area contributed by atoms with Crippen molar-refractivity contribution in [3.63, 3.8) is 0 Å². The maximum atomic E-state index is 11.9. The number of nitrogens with one attached hydrogen (secondary N) is 2. The molecule has 0 saturated carbocycles. The lowest BCUT2D eigenvalue weighted by Crippen LogP contribution is -2.35. The van der Waals surface area contributed by atoms with Gasteiger partial charge in [0, 0.05) is 12.5 Å². The molecular weight excluding hydrogens is 308 g/mol. The molecule has 5 heteroatoms. The molecule has 1 rings (SSSR count). The molecule has 2 unspecified atom stereocenters. The zero-order chi connectivity index (χ0) is 14.4. The van der Waals surface area contributed by atoms with Gasteiger partial charge in [-0.2, -0.15) is 0 Å². The first kappa shape index (κ1) is 16.0. The summed E-state index contributed by atoms with van der Waals surface area (Å²) in [5.41, 5.74) is 1.04. The van der Waals surface area contributed by atoms with Crippen LogP contribution in [0.3, 0.4) is 0 Å². The molecule has 0 aliphatic rings. The van der Waals surface area contributed by atoms with Crippen LogP contribution in [0.1, 0.15) is 25.5 Å². The Balaban J connectivity index is 2.70. The maximum Gasteiger partial charge on any atom is 0.224 e. The second-order valence-electron chi connectivity index (χ2n) is 4.58.